The van der Waals surface area contributed by atoms with E-state index < -0.39 is 0 Å². The van der Waals surface area contributed by atoms with Crippen LogP contribution >= 0.6 is 23.4 Å². The van der Waals surface area contributed by atoms with Gasteiger partial charge in [0.15, 0.2) is 0 Å². The van der Waals surface area contributed by atoms with Crippen LogP contribution in [-0.2, 0) is 11.3 Å². The number of carbonyl (C=O) groups is 1. The molecule has 8 nitrogen and oxygen atoms in total. The lowest BCUT2D eigenvalue weighted by atomic mass is 10.1. The van der Waals surface area contributed by atoms with Crippen LogP contribution in [0.4, 0.5) is 5.82 Å². The van der Waals surface area contributed by atoms with E-state index in [0.29, 0.717) is 48.5 Å². The van der Waals surface area contributed by atoms with Crippen molar-refractivity contribution in [2.24, 2.45) is 0 Å². The highest BCUT2D eigenvalue weighted by atomic mass is 35.5. The number of benzene rings is 1. The van der Waals surface area contributed by atoms with Gasteiger partial charge in [-0.3, -0.25) is 18.7 Å². The highest BCUT2D eigenvalue weighted by molar-refractivity contribution is 7.99. The number of anilines is 1. The van der Waals surface area contributed by atoms with E-state index in [4.69, 9.17) is 11.6 Å². The van der Waals surface area contributed by atoms with Crippen LogP contribution in [0, 0.1) is 0 Å². The average Bonchev–Trinajstić information content (AvgIpc) is 2.81. The third kappa shape index (κ3) is 3.55. The number of piperazine rings is 1. The Bertz CT molecular complexity index is 1420. The van der Waals surface area contributed by atoms with Crippen LogP contribution in [0.1, 0.15) is 6.92 Å². The van der Waals surface area contributed by atoms with Gasteiger partial charge >= 0.3 is 5.69 Å². The first-order chi connectivity index (χ1) is 15.9. The second-order valence-corrected chi connectivity index (χ2v) is 9.60. The lowest BCUT2D eigenvalue weighted by molar-refractivity contribution is -0.126. The summed E-state index contributed by atoms with van der Waals surface area (Å²) in [6.07, 6.45) is 3.00. The predicted octanol–water partition coefficient (Wildman–Crippen LogP) is 2.53. The quantitative estimate of drug-likeness (QED) is 0.532. The largest absolute Gasteiger partial charge is 0.350 e. The van der Waals surface area contributed by atoms with E-state index in [1.54, 1.807) is 45.6 Å². The summed E-state index contributed by atoms with van der Waals surface area (Å²) in [4.78, 5) is 46.8. The fourth-order valence-corrected chi connectivity index (χ4v) is 6.12. The monoisotopic (exact) mass is 483 g/mol. The maximum Gasteiger partial charge on any atom is 0.350 e. The maximum atomic E-state index is 13.1. The van der Waals surface area contributed by atoms with E-state index in [1.165, 1.54) is 16.7 Å². The number of hydrogen-bond donors (Lipinski definition) is 0. The first-order valence-electron chi connectivity index (χ1n) is 10.7. The van der Waals surface area contributed by atoms with E-state index in [2.05, 4.69) is 16.5 Å². The van der Waals surface area contributed by atoms with Crippen LogP contribution in [-0.4, -0.2) is 56.4 Å². The van der Waals surface area contributed by atoms with Crippen molar-refractivity contribution in [2.45, 2.75) is 24.4 Å². The molecule has 33 heavy (non-hydrogen) atoms. The number of pyridine rings is 1. The summed E-state index contributed by atoms with van der Waals surface area (Å²) in [6.45, 7) is 7.65. The lowest BCUT2D eigenvalue weighted by Crippen LogP contribution is -2.54. The van der Waals surface area contributed by atoms with Crippen molar-refractivity contribution in [1.82, 2.24) is 19.0 Å². The second kappa shape index (κ2) is 8.39. The lowest BCUT2D eigenvalue weighted by Gasteiger charge is -2.40. The number of aromatic nitrogens is 3. The molecule has 0 spiro atoms. The topological polar surface area (TPSA) is 80.4 Å². The number of thioether (sulfide) groups is 1. The third-order valence-corrected chi connectivity index (χ3v) is 7.49. The first-order valence-corrected chi connectivity index (χ1v) is 12.0. The number of amides is 1. The Labute approximate surface area is 199 Å². The Balaban J connectivity index is 1.72. The van der Waals surface area contributed by atoms with Crippen LogP contribution in [0.3, 0.4) is 0 Å². The number of aryl methyl sites for hydroxylation is 1. The van der Waals surface area contributed by atoms with Gasteiger partial charge in [0.05, 0.1) is 21.1 Å². The SMILES string of the molecule is C=CC(=O)N1CCN(c2nc(=O)n3c4c(c(-n5ccccc5=O)c(Cl)cc24)SCC3)[C@@H](C)C1. The Morgan fingerprint density at radius 3 is 2.82 bits per heavy atom. The molecule has 1 fully saturated rings. The summed E-state index contributed by atoms with van der Waals surface area (Å²) in [5, 5.41) is 1.19. The van der Waals surface area contributed by atoms with Gasteiger partial charge < -0.3 is 9.80 Å². The molecule has 2 aliphatic heterocycles. The highest BCUT2D eigenvalue weighted by Crippen LogP contribution is 2.42. The highest BCUT2D eigenvalue weighted by Gasteiger charge is 2.31. The molecular weight excluding hydrogens is 462 g/mol. The van der Waals surface area contributed by atoms with Gasteiger partial charge in [-0.1, -0.05) is 24.2 Å². The molecule has 170 valence electrons. The predicted molar refractivity (Wildman–Crippen MR) is 131 cm³/mol. The van der Waals surface area contributed by atoms with Crippen LogP contribution in [0.25, 0.3) is 16.6 Å². The van der Waals surface area contributed by atoms with Gasteiger partial charge in [0.1, 0.15) is 5.82 Å². The summed E-state index contributed by atoms with van der Waals surface area (Å²) in [5.74, 6) is 1.13. The molecular formula is C23H22ClN5O3S. The summed E-state index contributed by atoms with van der Waals surface area (Å²) < 4.78 is 3.19. The summed E-state index contributed by atoms with van der Waals surface area (Å²) in [5.41, 5.74) is 0.804. The normalized spacial score (nSPS) is 17.9. The van der Waals surface area contributed by atoms with Crippen LogP contribution < -0.4 is 16.1 Å². The van der Waals surface area contributed by atoms with E-state index in [-0.39, 0.29) is 23.2 Å². The molecule has 5 rings (SSSR count). The molecule has 0 unspecified atom stereocenters. The molecule has 1 aromatic carbocycles. The zero-order valence-electron chi connectivity index (χ0n) is 18.0. The van der Waals surface area contributed by atoms with Gasteiger partial charge in [-0.25, -0.2) is 4.79 Å². The molecule has 2 aromatic heterocycles. The van der Waals surface area contributed by atoms with Crippen LogP contribution in [0.2, 0.25) is 5.02 Å². The smallest absolute Gasteiger partial charge is 0.350 e. The number of hydrogen-bond acceptors (Lipinski definition) is 6. The van der Waals surface area contributed by atoms with Gasteiger partial charge in [0.25, 0.3) is 5.56 Å². The minimum absolute atomic E-state index is 0.0529. The van der Waals surface area contributed by atoms with Crippen molar-refractivity contribution in [3.8, 4) is 5.69 Å². The standard InChI is InChI=1S/C23H22ClN5O3S/c1-3-17(30)26-8-9-27(14(2)13-26)22-15-12-16(24)20(28-7-5-4-6-18(28)31)21-19(15)29(10-11-33-21)23(32)25-22/h3-7,12,14H,1,8-11,13H2,2H3/t14-/m0/s1. The van der Waals surface area contributed by atoms with Crippen molar-refractivity contribution >= 4 is 46.0 Å². The number of nitrogens with zero attached hydrogens (tertiary/aromatic N) is 5. The molecule has 0 aliphatic carbocycles. The number of rotatable bonds is 3. The van der Waals surface area contributed by atoms with Crippen LogP contribution in [0.15, 0.2) is 57.6 Å². The zero-order chi connectivity index (χ0) is 23.3. The van der Waals surface area contributed by atoms with E-state index >= 15 is 0 Å². The summed E-state index contributed by atoms with van der Waals surface area (Å²) in [7, 11) is 0. The van der Waals surface area contributed by atoms with E-state index in [9.17, 15) is 14.4 Å². The van der Waals surface area contributed by atoms with Gasteiger partial charge in [0, 0.05) is 55.6 Å². The van der Waals surface area contributed by atoms with Gasteiger partial charge in [-0.2, -0.15) is 4.98 Å². The molecule has 1 atom stereocenters. The van der Waals surface area contributed by atoms with Crippen molar-refractivity contribution < 1.29 is 4.79 Å². The molecule has 1 saturated heterocycles. The number of halogens is 1. The van der Waals surface area contributed by atoms with Crippen molar-refractivity contribution in [3.63, 3.8) is 0 Å². The average molecular weight is 484 g/mol. The zero-order valence-corrected chi connectivity index (χ0v) is 19.6. The first kappa shape index (κ1) is 21.8. The molecule has 0 radical (unpaired) electrons. The van der Waals surface area contributed by atoms with E-state index in [1.807, 2.05) is 6.92 Å². The minimum Gasteiger partial charge on any atom is -0.350 e. The molecule has 4 heterocycles. The van der Waals surface area contributed by atoms with E-state index in [0.717, 1.165) is 15.8 Å². The molecule has 0 N–H and O–H groups in total. The third-order valence-electron chi connectivity index (χ3n) is 6.14. The maximum absolute atomic E-state index is 13.1. The Morgan fingerprint density at radius 2 is 2.09 bits per heavy atom. The molecule has 0 bridgehead atoms. The second-order valence-electron chi connectivity index (χ2n) is 8.09. The Kier molecular flexibility index (Phi) is 5.54. The number of carbonyl (C=O) groups excluding carboxylic acids is 1. The van der Waals surface area contributed by atoms with Gasteiger partial charge in [-0.15, -0.1) is 11.8 Å². The molecule has 3 aromatic rings. The van der Waals surface area contributed by atoms with Crippen LogP contribution in [0.5, 0.6) is 0 Å². The van der Waals surface area contributed by atoms with Crippen molar-refractivity contribution in [1.29, 1.82) is 0 Å². The molecule has 2 aliphatic rings. The summed E-state index contributed by atoms with van der Waals surface area (Å²) >= 11 is 8.35. The van der Waals surface area contributed by atoms with Crippen molar-refractivity contribution in [3.05, 3.63) is 69.0 Å². The minimum atomic E-state index is -0.329. The molecule has 1 amide bonds. The Morgan fingerprint density at radius 1 is 1.27 bits per heavy atom. The van der Waals surface area contributed by atoms with Gasteiger partial charge in [-0.05, 0) is 25.1 Å². The fourth-order valence-electron chi connectivity index (χ4n) is 4.59. The molecule has 0 saturated carbocycles. The fraction of sp³-hybridized carbons (Fsp3) is 0.304. The van der Waals surface area contributed by atoms with Crippen molar-refractivity contribution in [2.75, 3.05) is 30.3 Å². The molecule has 10 heteroatoms. The summed E-state index contributed by atoms with van der Waals surface area (Å²) in [6, 6.07) is 6.69. The Hall–Kier alpha value is -3.04. The van der Waals surface area contributed by atoms with Gasteiger partial charge in [0.2, 0.25) is 5.91 Å².